The molecule has 0 aromatic heterocycles. The zero-order valence-electron chi connectivity index (χ0n) is 20.0. The molecule has 0 radical (unpaired) electrons. The summed E-state index contributed by atoms with van der Waals surface area (Å²) >= 11 is 0. The van der Waals surface area contributed by atoms with E-state index in [1.807, 2.05) is 0 Å². The van der Waals surface area contributed by atoms with Crippen LogP contribution in [0.4, 0.5) is 16.2 Å². The maximum atomic E-state index is 13.1. The van der Waals surface area contributed by atoms with Crippen molar-refractivity contribution in [3.8, 4) is 0 Å². The minimum Gasteiger partial charge on any atom is -0.744 e. The molecule has 0 fully saturated rings. The van der Waals surface area contributed by atoms with Gasteiger partial charge in [0.15, 0.2) is 0 Å². The molecule has 0 N–H and O–H groups in total. The van der Waals surface area contributed by atoms with Gasteiger partial charge in [-0.2, -0.15) is 0 Å². The molecule has 0 heterocycles. The van der Waals surface area contributed by atoms with Crippen LogP contribution in [0.25, 0.3) is 21.5 Å². The first-order valence-electron chi connectivity index (χ1n) is 9.85. The Morgan fingerprint density at radius 3 is 1.25 bits per heavy atom. The molecule has 0 saturated heterocycles. The molecule has 36 heavy (non-hydrogen) atoms. The van der Waals surface area contributed by atoms with Crippen LogP contribution in [0.3, 0.4) is 0 Å². The van der Waals surface area contributed by atoms with E-state index >= 15 is 0 Å². The third-order valence-corrected chi connectivity index (χ3v) is 7.18. The average molecular weight is 545 g/mol. The second kappa shape index (κ2) is 11.5. The molecule has 0 aliphatic heterocycles. The van der Waals surface area contributed by atoms with E-state index in [2.05, 4.69) is 0 Å². The number of fused-ring (bicyclic) bond motifs is 2. The number of urea groups is 1. The minimum atomic E-state index is -4.62. The number of nitrogens with zero attached hydrogens (tertiary/aromatic N) is 2. The smallest absolute Gasteiger partial charge is 0.744 e. The molecule has 0 aliphatic rings. The Hall–Kier alpha value is -1.51. The van der Waals surface area contributed by atoms with E-state index in [0.717, 1.165) is 0 Å². The van der Waals surface area contributed by atoms with Crippen molar-refractivity contribution in [1.29, 1.82) is 0 Å². The molecule has 0 aliphatic carbocycles. The predicted octanol–water partition coefficient (Wildman–Crippen LogP) is -2.50. The van der Waals surface area contributed by atoms with Crippen LogP contribution in [0.15, 0.2) is 82.6 Å². The fraction of sp³-hybridized carbons (Fsp3) is 0.0870. The van der Waals surface area contributed by atoms with Gasteiger partial charge < -0.3 is 9.11 Å². The Morgan fingerprint density at radius 1 is 0.583 bits per heavy atom. The number of carbonyl (C=O) groups is 1. The second-order valence-corrected chi connectivity index (χ2v) is 10.5. The largest absolute Gasteiger partial charge is 1.00 e. The summed E-state index contributed by atoms with van der Waals surface area (Å²) in [5.74, 6) is 0. The molecular formula is C23H18N2Na2O7S2. The molecule has 9 nitrogen and oxygen atoms in total. The topological polar surface area (TPSA) is 138 Å². The predicted molar refractivity (Wildman–Crippen MR) is 126 cm³/mol. The van der Waals surface area contributed by atoms with Crippen molar-refractivity contribution in [3.63, 3.8) is 0 Å². The maximum absolute atomic E-state index is 13.1. The summed E-state index contributed by atoms with van der Waals surface area (Å²) in [5, 5.41) is 2.36. The van der Waals surface area contributed by atoms with Crippen LogP contribution >= 0.6 is 0 Å². The molecule has 4 aromatic carbocycles. The SMILES string of the molecule is CN(C(=O)N(C)c1ccc2ccc(S(=O)(=O)[O-])cc2c1)c1ccc2ccc(S(=O)(=O)[O-])cc2c1.[Na+].[Na+]. The fourth-order valence-electron chi connectivity index (χ4n) is 3.60. The molecule has 176 valence electrons. The third-order valence-electron chi connectivity index (χ3n) is 5.52. The summed E-state index contributed by atoms with van der Waals surface area (Å²) in [7, 11) is -6.16. The van der Waals surface area contributed by atoms with Crippen molar-refractivity contribution in [2.24, 2.45) is 0 Å². The van der Waals surface area contributed by atoms with E-state index in [4.69, 9.17) is 0 Å². The van der Waals surface area contributed by atoms with E-state index in [9.17, 15) is 30.7 Å². The van der Waals surface area contributed by atoms with Crippen LogP contribution in [0.5, 0.6) is 0 Å². The van der Waals surface area contributed by atoms with Gasteiger partial charge in [0.05, 0.1) is 9.79 Å². The summed E-state index contributed by atoms with van der Waals surface area (Å²) in [4.78, 5) is 15.1. The van der Waals surface area contributed by atoms with Crippen molar-refractivity contribution >= 4 is 59.2 Å². The van der Waals surface area contributed by atoms with E-state index in [-0.39, 0.29) is 68.9 Å². The van der Waals surface area contributed by atoms with Gasteiger partial charge in [-0.05, 0) is 70.1 Å². The van der Waals surface area contributed by atoms with Crippen LogP contribution in [-0.4, -0.2) is 46.1 Å². The molecule has 4 aromatic rings. The van der Waals surface area contributed by atoms with Gasteiger partial charge in [0.1, 0.15) is 20.2 Å². The van der Waals surface area contributed by atoms with Gasteiger partial charge in [0, 0.05) is 25.5 Å². The van der Waals surface area contributed by atoms with Gasteiger partial charge in [-0.15, -0.1) is 0 Å². The first kappa shape index (κ1) is 30.7. The van der Waals surface area contributed by atoms with Crippen molar-refractivity contribution in [2.45, 2.75) is 9.79 Å². The normalized spacial score (nSPS) is 11.4. The monoisotopic (exact) mass is 544 g/mol. The Morgan fingerprint density at radius 2 is 0.917 bits per heavy atom. The van der Waals surface area contributed by atoms with Crippen molar-refractivity contribution in [2.75, 3.05) is 23.9 Å². The first-order valence-corrected chi connectivity index (χ1v) is 12.7. The van der Waals surface area contributed by atoms with Gasteiger partial charge in [-0.1, -0.05) is 24.3 Å². The van der Waals surface area contributed by atoms with Gasteiger partial charge >= 0.3 is 65.1 Å². The number of hydrogen-bond donors (Lipinski definition) is 0. The standard InChI is InChI=1S/C23H20N2O7S2.2Na/c1-24(19-7-3-15-5-9-21(33(27,28)29)13-17(15)11-19)23(26)25(2)20-8-4-16-6-10-22(34(30,31)32)14-18(16)12-20;;/h3-14H,1-2H3,(H,27,28,29)(H,30,31,32);;/q;2*+1/p-2. The Labute approximate surface area is 253 Å². The van der Waals surface area contributed by atoms with Crippen LogP contribution in [0, 0.1) is 0 Å². The van der Waals surface area contributed by atoms with Crippen LogP contribution in [-0.2, 0) is 20.2 Å². The number of rotatable bonds is 4. The van der Waals surface area contributed by atoms with Gasteiger partial charge in [0.2, 0.25) is 0 Å². The number of benzene rings is 4. The quantitative estimate of drug-likeness (QED) is 0.205. The first-order chi connectivity index (χ1) is 15.8. The maximum Gasteiger partial charge on any atom is 1.00 e. The molecule has 2 amide bonds. The van der Waals surface area contributed by atoms with E-state index < -0.39 is 26.3 Å². The molecule has 0 bridgehead atoms. The van der Waals surface area contributed by atoms with Gasteiger partial charge in [-0.25, -0.2) is 21.6 Å². The molecule has 0 spiro atoms. The number of hydrogen-bond acceptors (Lipinski definition) is 7. The Kier molecular flexibility index (Phi) is 9.79. The molecule has 0 saturated carbocycles. The van der Waals surface area contributed by atoms with Crippen LogP contribution < -0.4 is 68.9 Å². The summed E-state index contributed by atoms with van der Waals surface area (Å²) in [6.07, 6.45) is 0. The van der Waals surface area contributed by atoms with Crippen LogP contribution in [0.1, 0.15) is 0 Å². The van der Waals surface area contributed by atoms with Crippen molar-refractivity contribution < 1.29 is 89.9 Å². The van der Waals surface area contributed by atoms with Crippen LogP contribution in [0.2, 0.25) is 0 Å². The molecule has 0 atom stereocenters. The number of amides is 2. The van der Waals surface area contributed by atoms with E-state index in [0.29, 0.717) is 32.9 Å². The summed E-state index contributed by atoms with van der Waals surface area (Å²) in [6.45, 7) is 0. The number of anilines is 2. The zero-order chi connectivity index (χ0) is 24.8. The Bertz CT molecular complexity index is 1550. The fourth-order valence-corrected chi connectivity index (χ4v) is 4.61. The summed E-state index contributed by atoms with van der Waals surface area (Å²) < 4.78 is 68.0. The average Bonchev–Trinajstić information content (AvgIpc) is 2.80. The van der Waals surface area contributed by atoms with E-state index in [1.54, 1.807) is 36.4 Å². The van der Waals surface area contributed by atoms with Crippen molar-refractivity contribution in [3.05, 3.63) is 72.8 Å². The summed E-state index contributed by atoms with van der Waals surface area (Å²) in [5.41, 5.74) is 0.927. The zero-order valence-corrected chi connectivity index (χ0v) is 25.6. The third kappa shape index (κ3) is 6.48. The molecular weight excluding hydrogens is 526 g/mol. The number of carbonyl (C=O) groups excluding carboxylic acids is 1. The van der Waals surface area contributed by atoms with Gasteiger partial charge in [-0.3, -0.25) is 9.80 Å². The minimum absolute atomic E-state index is 0. The Balaban J connectivity index is 0.00000228. The molecule has 13 heteroatoms. The molecule has 4 rings (SSSR count). The van der Waals surface area contributed by atoms with Crippen molar-refractivity contribution in [1.82, 2.24) is 0 Å². The second-order valence-electron chi connectivity index (χ2n) is 7.70. The van der Waals surface area contributed by atoms with E-state index in [1.165, 1.54) is 60.3 Å². The summed E-state index contributed by atoms with van der Waals surface area (Å²) in [6, 6.07) is 17.6. The molecule has 0 unspecified atom stereocenters. The van der Waals surface area contributed by atoms with Gasteiger partial charge in [0.25, 0.3) is 0 Å².